The molecule has 0 aromatic heterocycles. The van der Waals surface area contributed by atoms with E-state index in [0.29, 0.717) is 0 Å². The highest BCUT2D eigenvalue weighted by molar-refractivity contribution is 7.82. The van der Waals surface area contributed by atoms with E-state index < -0.39 is 11.0 Å². The van der Waals surface area contributed by atoms with Gasteiger partial charge >= 0.3 is 0 Å². The fourth-order valence-electron chi connectivity index (χ4n) is 3.88. The van der Waals surface area contributed by atoms with Gasteiger partial charge in [0.2, 0.25) is 0 Å². The number of unbranched alkanes of at least 4 members (excludes halogenated alkanes) is 2. The average Bonchev–Trinajstić information content (AvgIpc) is 2.73. The van der Waals surface area contributed by atoms with E-state index in [2.05, 4.69) is 30.3 Å². The molecule has 0 saturated carbocycles. The number of benzene rings is 2. The van der Waals surface area contributed by atoms with Crippen molar-refractivity contribution in [1.29, 1.82) is 0 Å². The summed E-state index contributed by atoms with van der Waals surface area (Å²) < 4.78 is 26.6. The average molecular weight is 402 g/mol. The van der Waals surface area contributed by atoms with Gasteiger partial charge in [0.15, 0.2) is 11.5 Å². The lowest BCUT2D eigenvalue weighted by Gasteiger charge is -2.36. The van der Waals surface area contributed by atoms with E-state index in [0.717, 1.165) is 42.2 Å². The van der Waals surface area contributed by atoms with Gasteiger partial charge in [-0.25, -0.2) is 8.51 Å². The summed E-state index contributed by atoms with van der Waals surface area (Å²) in [5, 5.41) is 0. The smallest absolute Gasteiger partial charge is 0.161 e. The molecule has 5 heteroatoms. The minimum Gasteiger partial charge on any atom is -0.493 e. The maximum absolute atomic E-state index is 13.4. The van der Waals surface area contributed by atoms with Crippen molar-refractivity contribution >= 4 is 11.0 Å². The molecule has 1 aliphatic rings. The van der Waals surface area contributed by atoms with Gasteiger partial charge in [-0.15, -0.1) is 0 Å². The molecule has 0 bridgehead atoms. The van der Waals surface area contributed by atoms with E-state index in [4.69, 9.17) is 9.47 Å². The van der Waals surface area contributed by atoms with Crippen molar-refractivity contribution in [3.63, 3.8) is 0 Å². The van der Waals surface area contributed by atoms with E-state index in [-0.39, 0.29) is 6.04 Å². The summed E-state index contributed by atoms with van der Waals surface area (Å²) in [7, 11) is 2.16. The van der Waals surface area contributed by atoms with E-state index in [1.165, 1.54) is 29.5 Å². The SMILES string of the molecule is CCCCCC1c2cc(OC)c(OC)cc2CCN1S(=O)c1ccc(C)cc1. The molecule has 28 heavy (non-hydrogen) atoms. The molecule has 2 aromatic carbocycles. The quantitative estimate of drug-likeness (QED) is 0.570. The predicted octanol–water partition coefficient (Wildman–Crippen LogP) is 5.21. The van der Waals surface area contributed by atoms with Crippen LogP contribution in [-0.2, 0) is 17.4 Å². The largest absolute Gasteiger partial charge is 0.493 e. The van der Waals surface area contributed by atoms with Gasteiger partial charge in [0.05, 0.1) is 19.1 Å². The highest BCUT2D eigenvalue weighted by Gasteiger charge is 2.32. The van der Waals surface area contributed by atoms with Crippen LogP contribution in [0.4, 0.5) is 0 Å². The summed E-state index contributed by atoms with van der Waals surface area (Å²) >= 11 is 0. The normalized spacial score (nSPS) is 17.8. The number of fused-ring (bicyclic) bond motifs is 1. The number of hydrogen-bond donors (Lipinski definition) is 0. The van der Waals surface area contributed by atoms with E-state index in [1.807, 2.05) is 24.3 Å². The summed E-state index contributed by atoms with van der Waals surface area (Å²) in [6, 6.07) is 12.3. The molecule has 0 amide bonds. The summed E-state index contributed by atoms with van der Waals surface area (Å²) in [6.07, 6.45) is 5.33. The van der Waals surface area contributed by atoms with Crippen molar-refractivity contribution in [2.45, 2.75) is 56.9 Å². The van der Waals surface area contributed by atoms with Crippen LogP contribution in [0.3, 0.4) is 0 Å². The molecule has 1 heterocycles. The molecule has 0 saturated heterocycles. The standard InChI is InChI=1S/C23H31NO3S/c1-5-6-7-8-21-20-16-23(27-4)22(26-3)15-18(20)13-14-24(21)28(25)19-11-9-17(2)10-12-19/h9-12,15-16,21H,5-8,13-14H2,1-4H3. The molecule has 1 aliphatic heterocycles. The fraction of sp³-hybridized carbons (Fsp3) is 0.478. The van der Waals surface area contributed by atoms with Gasteiger partial charge in [-0.1, -0.05) is 43.9 Å². The van der Waals surface area contributed by atoms with Crippen molar-refractivity contribution < 1.29 is 13.7 Å². The van der Waals surface area contributed by atoms with Gasteiger partial charge < -0.3 is 9.47 Å². The van der Waals surface area contributed by atoms with Crippen LogP contribution in [0.1, 0.15) is 55.3 Å². The Morgan fingerprint density at radius 3 is 2.39 bits per heavy atom. The molecule has 0 fully saturated rings. The minimum absolute atomic E-state index is 0.122. The Kier molecular flexibility index (Phi) is 7.13. The lowest BCUT2D eigenvalue weighted by atomic mass is 9.90. The van der Waals surface area contributed by atoms with Crippen LogP contribution in [0.5, 0.6) is 11.5 Å². The summed E-state index contributed by atoms with van der Waals surface area (Å²) in [5.41, 5.74) is 3.68. The van der Waals surface area contributed by atoms with Crippen LogP contribution >= 0.6 is 0 Å². The second-order valence-corrected chi connectivity index (χ2v) is 8.81. The van der Waals surface area contributed by atoms with Crippen LogP contribution in [-0.4, -0.2) is 29.3 Å². The van der Waals surface area contributed by atoms with E-state index >= 15 is 0 Å². The van der Waals surface area contributed by atoms with Crippen LogP contribution in [0.25, 0.3) is 0 Å². The maximum Gasteiger partial charge on any atom is 0.161 e. The summed E-state index contributed by atoms with van der Waals surface area (Å²) in [5.74, 6) is 1.51. The van der Waals surface area contributed by atoms with Gasteiger partial charge in [0.1, 0.15) is 11.0 Å². The Balaban J connectivity index is 1.96. The zero-order valence-electron chi connectivity index (χ0n) is 17.4. The first-order valence-electron chi connectivity index (χ1n) is 10.1. The molecule has 4 nitrogen and oxygen atoms in total. The third-order valence-electron chi connectivity index (χ3n) is 5.47. The molecule has 0 radical (unpaired) electrons. The Morgan fingerprint density at radius 1 is 1.07 bits per heavy atom. The number of nitrogens with zero attached hydrogens (tertiary/aromatic N) is 1. The van der Waals surface area contributed by atoms with Crippen molar-refractivity contribution in [2.24, 2.45) is 0 Å². The Bertz CT molecular complexity index is 819. The monoisotopic (exact) mass is 401 g/mol. The number of hydrogen-bond acceptors (Lipinski definition) is 3. The number of rotatable bonds is 8. The van der Waals surface area contributed by atoms with Gasteiger partial charge in [-0.3, -0.25) is 0 Å². The first-order chi connectivity index (χ1) is 13.6. The number of ether oxygens (including phenoxy) is 2. The minimum atomic E-state index is -1.18. The molecule has 2 aromatic rings. The molecule has 0 N–H and O–H groups in total. The Labute approximate surface area is 171 Å². The third kappa shape index (κ3) is 4.41. The van der Waals surface area contributed by atoms with Crippen LogP contribution in [0.2, 0.25) is 0 Å². The summed E-state index contributed by atoms with van der Waals surface area (Å²) in [6.45, 7) is 5.04. The van der Waals surface area contributed by atoms with Crippen molar-refractivity contribution in [3.8, 4) is 11.5 Å². The maximum atomic E-state index is 13.4. The lowest BCUT2D eigenvalue weighted by molar-refractivity contribution is 0.297. The van der Waals surface area contributed by atoms with Gasteiger partial charge in [-0.2, -0.15) is 0 Å². The van der Waals surface area contributed by atoms with Gasteiger partial charge in [0.25, 0.3) is 0 Å². The highest BCUT2D eigenvalue weighted by atomic mass is 32.2. The van der Waals surface area contributed by atoms with Crippen molar-refractivity contribution in [2.75, 3.05) is 20.8 Å². The molecule has 2 atom stereocenters. The first kappa shape index (κ1) is 20.9. The molecular weight excluding hydrogens is 370 g/mol. The number of methoxy groups -OCH3 is 2. The second-order valence-electron chi connectivity index (χ2n) is 7.37. The third-order valence-corrected chi connectivity index (χ3v) is 7.01. The van der Waals surface area contributed by atoms with Crippen LogP contribution in [0, 0.1) is 6.92 Å². The molecule has 0 aliphatic carbocycles. The Morgan fingerprint density at radius 2 is 1.75 bits per heavy atom. The molecule has 0 spiro atoms. The topological polar surface area (TPSA) is 38.8 Å². The van der Waals surface area contributed by atoms with Crippen LogP contribution < -0.4 is 9.47 Å². The zero-order valence-corrected chi connectivity index (χ0v) is 18.2. The van der Waals surface area contributed by atoms with Gasteiger partial charge in [-0.05, 0) is 55.2 Å². The first-order valence-corrected chi connectivity index (χ1v) is 11.2. The zero-order chi connectivity index (χ0) is 20.1. The molecule has 2 unspecified atom stereocenters. The van der Waals surface area contributed by atoms with E-state index in [9.17, 15) is 4.21 Å². The van der Waals surface area contributed by atoms with Crippen LogP contribution in [0.15, 0.2) is 41.3 Å². The summed E-state index contributed by atoms with van der Waals surface area (Å²) in [4.78, 5) is 0.870. The Hall–Kier alpha value is -1.85. The highest BCUT2D eigenvalue weighted by Crippen LogP contribution is 2.41. The van der Waals surface area contributed by atoms with E-state index in [1.54, 1.807) is 14.2 Å². The van der Waals surface area contributed by atoms with Gasteiger partial charge in [0, 0.05) is 12.6 Å². The molecular formula is C23H31NO3S. The van der Waals surface area contributed by atoms with Crippen molar-refractivity contribution in [1.82, 2.24) is 4.31 Å². The molecule has 152 valence electrons. The predicted molar refractivity (Wildman–Crippen MR) is 114 cm³/mol. The number of aryl methyl sites for hydroxylation is 1. The van der Waals surface area contributed by atoms with Crippen molar-refractivity contribution in [3.05, 3.63) is 53.1 Å². The fourth-order valence-corrected chi connectivity index (χ4v) is 5.23. The second kappa shape index (κ2) is 9.57. The lowest BCUT2D eigenvalue weighted by Crippen LogP contribution is -2.37. The molecule has 3 rings (SSSR count).